The fourth-order valence-corrected chi connectivity index (χ4v) is 4.14. The fraction of sp³-hybridized carbons (Fsp3) is 0.786. The lowest BCUT2D eigenvalue weighted by Gasteiger charge is -2.28. The molecule has 22 heavy (non-hydrogen) atoms. The first-order valence-corrected chi connectivity index (χ1v) is 9.42. The molecule has 0 aliphatic carbocycles. The summed E-state index contributed by atoms with van der Waals surface area (Å²) >= 11 is 0. The van der Waals surface area contributed by atoms with Crippen LogP contribution in [0.5, 0.6) is 0 Å². The van der Waals surface area contributed by atoms with Crippen molar-refractivity contribution in [3.05, 3.63) is 0 Å². The molecule has 2 heterocycles. The molecule has 0 radical (unpaired) electrons. The lowest BCUT2D eigenvalue weighted by molar-refractivity contribution is -0.133. The van der Waals surface area contributed by atoms with Crippen LogP contribution in [0, 0.1) is 5.92 Å². The molecule has 0 spiro atoms. The number of nitrogens with zero attached hydrogens (tertiary/aromatic N) is 2. The van der Waals surface area contributed by atoms with Gasteiger partial charge < -0.3 is 5.32 Å². The lowest BCUT2D eigenvalue weighted by Crippen LogP contribution is -2.46. The van der Waals surface area contributed by atoms with E-state index in [1.807, 2.05) is 20.8 Å². The van der Waals surface area contributed by atoms with Crippen LogP contribution in [-0.4, -0.2) is 54.5 Å². The number of sulfone groups is 1. The molecule has 2 aliphatic rings. The molecule has 1 N–H and O–H groups in total. The third-order valence-corrected chi connectivity index (χ3v) is 5.99. The van der Waals surface area contributed by atoms with Crippen LogP contribution in [0.3, 0.4) is 0 Å². The Kier molecular flexibility index (Phi) is 4.89. The lowest BCUT2D eigenvalue weighted by atomic mass is 10.1. The summed E-state index contributed by atoms with van der Waals surface area (Å²) < 4.78 is 23.1. The highest BCUT2D eigenvalue weighted by atomic mass is 32.2. The second-order valence-electron chi connectivity index (χ2n) is 6.35. The van der Waals surface area contributed by atoms with E-state index in [1.165, 1.54) is 5.01 Å². The van der Waals surface area contributed by atoms with E-state index >= 15 is 0 Å². The average Bonchev–Trinajstić information content (AvgIpc) is 2.79. The molecule has 2 rings (SSSR count). The fourth-order valence-electron chi connectivity index (χ4n) is 2.44. The molecule has 2 amide bonds. The van der Waals surface area contributed by atoms with Crippen molar-refractivity contribution in [1.29, 1.82) is 0 Å². The van der Waals surface area contributed by atoms with Gasteiger partial charge in [-0.1, -0.05) is 13.8 Å². The standard InChI is InChI=1S/C14H23N3O4S/c1-9(2)10(3)15-14(19)12-4-5-13(18)17(16-12)11-6-7-22(20,21)8-11/h9-11H,4-8H2,1-3H3,(H,15,19)/t10-,11-/m0/s1. The van der Waals surface area contributed by atoms with Crippen LogP contribution in [0.2, 0.25) is 0 Å². The molecule has 0 aromatic carbocycles. The van der Waals surface area contributed by atoms with Crippen LogP contribution >= 0.6 is 0 Å². The highest BCUT2D eigenvalue weighted by Crippen LogP contribution is 2.22. The van der Waals surface area contributed by atoms with Crippen LogP contribution in [0.1, 0.15) is 40.0 Å². The largest absolute Gasteiger partial charge is 0.348 e. The molecule has 7 nitrogen and oxygen atoms in total. The van der Waals surface area contributed by atoms with Crippen LogP contribution < -0.4 is 5.32 Å². The maximum absolute atomic E-state index is 12.2. The van der Waals surface area contributed by atoms with Gasteiger partial charge in [-0.25, -0.2) is 13.4 Å². The topological polar surface area (TPSA) is 95.9 Å². The Labute approximate surface area is 131 Å². The number of carbonyl (C=O) groups excluding carboxylic acids is 2. The first kappa shape index (κ1) is 16.9. The smallest absolute Gasteiger partial charge is 0.267 e. The zero-order valence-corrected chi connectivity index (χ0v) is 14.0. The van der Waals surface area contributed by atoms with Gasteiger partial charge in [0.25, 0.3) is 5.91 Å². The van der Waals surface area contributed by atoms with Crippen molar-refractivity contribution in [3.8, 4) is 0 Å². The molecule has 0 saturated carbocycles. The average molecular weight is 329 g/mol. The summed E-state index contributed by atoms with van der Waals surface area (Å²) in [5.41, 5.74) is 0.302. The van der Waals surface area contributed by atoms with Crippen molar-refractivity contribution in [3.63, 3.8) is 0 Å². The Hall–Kier alpha value is -1.44. The van der Waals surface area contributed by atoms with Gasteiger partial charge in [0.1, 0.15) is 5.71 Å². The molecule has 0 aromatic heterocycles. The predicted octanol–water partition coefficient (Wildman–Crippen LogP) is 0.313. The molecule has 0 aromatic rings. The van der Waals surface area contributed by atoms with Crippen LogP contribution in [0.15, 0.2) is 5.10 Å². The van der Waals surface area contributed by atoms with Gasteiger partial charge >= 0.3 is 0 Å². The number of hydrazone groups is 1. The highest BCUT2D eigenvalue weighted by molar-refractivity contribution is 7.91. The van der Waals surface area contributed by atoms with Crippen molar-refractivity contribution in [2.75, 3.05) is 11.5 Å². The van der Waals surface area contributed by atoms with Gasteiger partial charge in [0.2, 0.25) is 5.91 Å². The number of carbonyl (C=O) groups is 2. The summed E-state index contributed by atoms with van der Waals surface area (Å²) in [6, 6.07) is -0.434. The first-order valence-electron chi connectivity index (χ1n) is 7.60. The Morgan fingerprint density at radius 1 is 1.32 bits per heavy atom. The summed E-state index contributed by atoms with van der Waals surface area (Å²) in [5, 5.41) is 8.22. The number of rotatable bonds is 4. The normalized spacial score (nSPS) is 26.0. The monoisotopic (exact) mass is 329 g/mol. The summed E-state index contributed by atoms with van der Waals surface area (Å²) in [6.07, 6.45) is 0.874. The van der Waals surface area contributed by atoms with Gasteiger partial charge in [0.15, 0.2) is 9.84 Å². The van der Waals surface area contributed by atoms with Gasteiger partial charge in [-0.3, -0.25) is 9.59 Å². The molecule has 2 aliphatic heterocycles. The number of hydrogen-bond acceptors (Lipinski definition) is 5. The quantitative estimate of drug-likeness (QED) is 0.803. The Bertz CT molecular complexity index is 597. The highest BCUT2D eigenvalue weighted by Gasteiger charge is 2.37. The van der Waals surface area contributed by atoms with E-state index in [9.17, 15) is 18.0 Å². The zero-order chi connectivity index (χ0) is 16.5. The zero-order valence-electron chi connectivity index (χ0n) is 13.2. The van der Waals surface area contributed by atoms with Crippen molar-refractivity contribution in [2.24, 2.45) is 11.0 Å². The Morgan fingerprint density at radius 3 is 2.55 bits per heavy atom. The van der Waals surface area contributed by atoms with Gasteiger partial charge in [0, 0.05) is 18.9 Å². The molecular formula is C14H23N3O4S. The van der Waals surface area contributed by atoms with E-state index in [4.69, 9.17) is 0 Å². The minimum Gasteiger partial charge on any atom is -0.348 e. The summed E-state index contributed by atoms with van der Waals surface area (Å²) in [6.45, 7) is 5.93. The molecule has 124 valence electrons. The van der Waals surface area contributed by atoms with E-state index in [2.05, 4.69) is 10.4 Å². The Balaban J connectivity index is 2.11. The molecule has 0 unspecified atom stereocenters. The summed E-state index contributed by atoms with van der Waals surface area (Å²) in [5.74, 6) is -0.191. The van der Waals surface area contributed by atoms with Crippen LogP contribution in [0.25, 0.3) is 0 Å². The summed E-state index contributed by atoms with van der Waals surface area (Å²) in [4.78, 5) is 24.2. The maximum atomic E-state index is 12.2. The van der Waals surface area contributed by atoms with Gasteiger partial charge in [-0.2, -0.15) is 5.10 Å². The van der Waals surface area contributed by atoms with E-state index < -0.39 is 15.9 Å². The van der Waals surface area contributed by atoms with E-state index in [-0.39, 0.29) is 35.8 Å². The van der Waals surface area contributed by atoms with Crippen molar-refractivity contribution < 1.29 is 18.0 Å². The van der Waals surface area contributed by atoms with Gasteiger partial charge in [-0.05, 0) is 19.3 Å². The van der Waals surface area contributed by atoms with E-state index in [0.29, 0.717) is 24.5 Å². The van der Waals surface area contributed by atoms with Gasteiger partial charge in [-0.15, -0.1) is 0 Å². The second-order valence-corrected chi connectivity index (χ2v) is 8.58. The van der Waals surface area contributed by atoms with Crippen molar-refractivity contribution in [1.82, 2.24) is 10.3 Å². The summed E-state index contributed by atoms with van der Waals surface area (Å²) in [7, 11) is -3.10. The molecule has 8 heteroatoms. The molecule has 1 saturated heterocycles. The van der Waals surface area contributed by atoms with Crippen LogP contribution in [0.4, 0.5) is 0 Å². The van der Waals surface area contributed by atoms with E-state index in [1.54, 1.807) is 0 Å². The van der Waals surface area contributed by atoms with Crippen molar-refractivity contribution >= 4 is 27.4 Å². The van der Waals surface area contributed by atoms with Crippen LogP contribution in [-0.2, 0) is 19.4 Å². The minimum absolute atomic E-state index is 0.00753. The number of nitrogens with one attached hydrogen (secondary N) is 1. The first-order chi connectivity index (χ1) is 10.2. The minimum atomic E-state index is -3.10. The molecule has 0 bridgehead atoms. The molecular weight excluding hydrogens is 306 g/mol. The van der Waals surface area contributed by atoms with Gasteiger partial charge in [0.05, 0.1) is 17.5 Å². The molecule has 1 fully saturated rings. The molecule has 2 atom stereocenters. The second kappa shape index (κ2) is 6.36. The third kappa shape index (κ3) is 3.85. The predicted molar refractivity (Wildman–Crippen MR) is 83.0 cm³/mol. The number of amides is 2. The number of hydrogen-bond donors (Lipinski definition) is 1. The maximum Gasteiger partial charge on any atom is 0.267 e. The van der Waals surface area contributed by atoms with E-state index in [0.717, 1.165) is 0 Å². The SMILES string of the molecule is CC(C)[C@H](C)NC(=O)C1=NN([C@H]2CCS(=O)(=O)C2)C(=O)CC1. The van der Waals surface area contributed by atoms with Crippen molar-refractivity contribution in [2.45, 2.75) is 52.1 Å². The third-order valence-electron chi connectivity index (χ3n) is 4.23. The Morgan fingerprint density at radius 2 is 2.00 bits per heavy atom.